The van der Waals surface area contributed by atoms with Crippen molar-refractivity contribution in [1.82, 2.24) is 4.31 Å². The van der Waals surface area contributed by atoms with E-state index in [1.165, 1.54) is 4.31 Å². The van der Waals surface area contributed by atoms with Crippen molar-refractivity contribution < 1.29 is 13.2 Å². The molecule has 0 aromatic heterocycles. The van der Waals surface area contributed by atoms with Crippen molar-refractivity contribution in [2.24, 2.45) is 0 Å². The first-order valence-corrected chi connectivity index (χ1v) is 8.07. The lowest BCUT2D eigenvalue weighted by Gasteiger charge is -2.28. The quantitative estimate of drug-likeness (QED) is 0.646. The van der Waals surface area contributed by atoms with E-state index in [1.54, 1.807) is 0 Å². The van der Waals surface area contributed by atoms with E-state index in [2.05, 4.69) is 0 Å². The minimum atomic E-state index is -3.24. The molecule has 0 bridgehead atoms. The van der Waals surface area contributed by atoms with Gasteiger partial charge in [-0.25, -0.2) is 8.42 Å². The molecular formula is C13H20N2O3S. The van der Waals surface area contributed by atoms with Crippen LogP contribution in [0.3, 0.4) is 0 Å². The molecule has 1 aromatic carbocycles. The Kier molecular flexibility index (Phi) is 4.44. The van der Waals surface area contributed by atoms with E-state index in [-0.39, 0.29) is 12.4 Å². The molecule has 19 heavy (non-hydrogen) atoms. The Balaban J connectivity index is 2.09. The summed E-state index contributed by atoms with van der Waals surface area (Å²) in [6.45, 7) is 3.55. The van der Waals surface area contributed by atoms with Gasteiger partial charge in [-0.3, -0.25) is 0 Å². The van der Waals surface area contributed by atoms with Crippen molar-refractivity contribution in [3.63, 3.8) is 0 Å². The van der Waals surface area contributed by atoms with Gasteiger partial charge in [0.1, 0.15) is 0 Å². The zero-order chi connectivity index (χ0) is 13.9. The summed E-state index contributed by atoms with van der Waals surface area (Å²) in [5.74, 6) is 0.0402. The summed E-state index contributed by atoms with van der Waals surface area (Å²) in [6.07, 6.45) is 0.676. The second-order valence-corrected chi connectivity index (χ2v) is 6.67. The minimum Gasteiger partial charge on any atom is -0.398 e. The van der Waals surface area contributed by atoms with Crippen LogP contribution in [-0.2, 0) is 27.7 Å². The fraction of sp³-hybridized carbons (Fsp3) is 0.538. The predicted molar refractivity (Wildman–Crippen MR) is 75.2 cm³/mol. The van der Waals surface area contributed by atoms with E-state index in [4.69, 9.17) is 10.5 Å². The molecule has 0 saturated carbocycles. The summed E-state index contributed by atoms with van der Waals surface area (Å²) in [5, 5.41) is 0. The summed E-state index contributed by atoms with van der Waals surface area (Å²) >= 11 is 0. The molecule has 6 heteroatoms. The monoisotopic (exact) mass is 284 g/mol. The van der Waals surface area contributed by atoms with Crippen molar-refractivity contribution >= 4 is 15.7 Å². The summed E-state index contributed by atoms with van der Waals surface area (Å²) in [6, 6.07) is 5.67. The van der Waals surface area contributed by atoms with Gasteiger partial charge in [-0.05, 0) is 30.5 Å². The SMILES string of the molecule is CCOCCS(=O)(=O)N1CCc2c(N)cccc2C1. The van der Waals surface area contributed by atoms with Gasteiger partial charge in [-0.1, -0.05) is 12.1 Å². The standard InChI is InChI=1S/C13H20N2O3S/c1-2-18-8-9-19(16,17)15-7-6-12-11(10-15)4-3-5-13(12)14/h3-5H,2,6-10,14H2,1H3. The molecule has 1 heterocycles. The predicted octanol–water partition coefficient (Wildman–Crippen LogP) is 0.993. The van der Waals surface area contributed by atoms with E-state index < -0.39 is 10.0 Å². The number of hydrogen-bond donors (Lipinski definition) is 1. The molecular weight excluding hydrogens is 264 g/mol. The third kappa shape index (κ3) is 3.26. The molecule has 2 rings (SSSR count). The minimum absolute atomic E-state index is 0.0402. The van der Waals surface area contributed by atoms with E-state index >= 15 is 0 Å². The number of fused-ring (bicyclic) bond motifs is 1. The van der Waals surface area contributed by atoms with Crippen LogP contribution in [-0.4, -0.2) is 38.2 Å². The van der Waals surface area contributed by atoms with Gasteiger partial charge in [-0.2, -0.15) is 4.31 Å². The van der Waals surface area contributed by atoms with Crippen LogP contribution in [0.15, 0.2) is 18.2 Å². The lowest BCUT2D eigenvalue weighted by molar-refractivity contribution is 0.162. The number of anilines is 1. The van der Waals surface area contributed by atoms with Crippen LogP contribution in [0.25, 0.3) is 0 Å². The number of benzene rings is 1. The number of nitrogens with two attached hydrogens (primary N) is 1. The number of nitrogens with zero attached hydrogens (tertiary/aromatic N) is 1. The fourth-order valence-corrected chi connectivity index (χ4v) is 3.58. The van der Waals surface area contributed by atoms with Crippen LogP contribution in [0.4, 0.5) is 5.69 Å². The van der Waals surface area contributed by atoms with E-state index in [0.29, 0.717) is 26.1 Å². The topological polar surface area (TPSA) is 72.6 Å². The molecule has 0 aliphatic carbocycles. The molecule has 106 valence electrons. The van der Waals surface area contributed by atoms with Crippen molar-refractivity contribution in [3.05, 3.63) is 29.3 Å². The van der Waals surface area contributed by atoms with Gasteiger partial charge in [0.05, 0.1) is 12.4 Å². The maximum atomic E-state index is 12.2. The van der Waals surface area contributed by atoms with Gasteiger partial charge in [0.15, 0.2) is 0 Å². The molecule has 2 N–H and O–H groups in total. The lowest BCUT2D eigenvalue weighted by atomic mass is 9.99. The molecule has 1 aliphatic heterocycles. The summed E-state index contributed by atoms with van der Waals surface area (Å²) < 4.78 is 31.0. The Morgan fingerprint density at radius 2 is 2.21 bits per heavy atom. The molecule has 0 radical (unpaired) electrons. The largest absolute Gasteiger partial charge is 0.398 e. The van der Waals surface area contributed by atoms with Gasteiger partial charge in [0.25, 0.3) is 0 Å². The third-order valence-corrected chi connectivity index (χ3v) is 5.13. The van der Waals surface area contributed by atoms with Crippen LogP contribution >= 0.6 is 0 Å². The van der Waals surface area contributed by atoms with Gasteiger partial charge >= 0.3 is 0 Å². The third-order valence-electron chi connectivity index (χ3n) is 3.35. The Hall–Kier alpha value is -1.11. The number of nitrogen functional groups attached to an aromatic ring is 1. The average molecular weight is 284 g/mol. The first kappa shape index (κ1) is 14.3. The molecule has 1 aliphatic rings. The summed E-state index contributed by atoms with van der Waals surface area (Å²) in [4.78, 5) is 0. The first-order valence-electron chi connectivity index (χ1n) is 6.46. The maximum Gasteiger partial charge on any atom is 0.216 e. The molecule has 5 nitrogen and oxygen atoms in total. The Bertz CT molecular complexity index is 543. The number of sulfonamides is 1. The first-order chi connectivity index (χ1) is 9.04. The highest BCUT2D eigenvalue weighted by Crippen LogP contribution is 2.25. The molecule has 0 amide bonds. The highest BCUT2D eigenvalue weighted by molar-refractivity contribution is 7.89. The highest BCUT2D eigenvalue weighted by Gasteiger charge is 2.27. The average Bonchev–Trinajstić information content (AvgIpc) is 2.39. The lowest BCUT2D eigenvalue weighted by Crippen LogP contribution is -2.38. The molecule has 0 unspecified atom stereocenters. The van der Waals surface area contributed by atoms with Crippen molar-refractivity contribution in [3.8, 4) is 0 Å². The van der Waals surface area contributed by atoms with Crippen molar-refractivity contribution in [2.75, 3.05) is 31.2 Å². The van der Waals surface area contributed by atoms with Gasteiger partial charge in [-0.15, -0.1) is 0 Å². The van der Waals surface area contributed by atoms with Crippen LogP contribution in [0.2, 0.25) is 0 Å². The van der Waals surface area contributed by atoms with Gasteiger partial charge in [0.2, 0.25) is 10.0 Å². The van der Waals surface area contributed by atoms with Crippen LogP contribution in [0, 0.1) is 0 Å². The Morgan fingerprint density at radius 1 is 1.42 bits per heavy atom. The molecule has 0 fully saturated rings. The number of rotatable bonds is 5. The molecule has 0 saturated heterocycles. The Morgan fingerprint density at radius 3 is 2.95 bits per heavy atom. The van der Waals surface area contributed by atoms with Crippen LogP contribution < -0.4 is 5.73 Å². The molecule has 0 spiro atoms. The smallest absolute Gasteiger partial charge is 0.216 e. The zero-order valence-electron chi connectivity index (χ0n) is 11.1. The van der Waals surface area contributed by atoms with E-state index in [0.717, 1.165) is 16.8 Å². The van der Waals surface area contributed by atoms with Crippen LogP contribution in [0.1, 0.15) is 18.1 Å². The second kappa shape index (κ2) is 5.90. The van der Waals surface area contributed by atoms with Gasteiger partial charge < -0.3 is 10.5 Å². The summed E-state index contributed by atoms with van der Waals surface area (Å²) in [7, 11) is -3.24. The van der Waals surface area contributed by atoms with Crippen molar-refractivity contribution in [1.29, 1.82) is 0 Å². The summed E-state index contributed by atoms with van der Waals surface area (Å²) in [5.41, 5.74) is 8.75. The second-order valence-electron chi connectivity index (χ2n) is 4.58. The fourth-order valence-electron chi connectivity index (χ4n) is 2.29. The Labute approximate surface area is 114 Å². The zero-order valence-corrected chi connectivity index (χ0v) is 11.9. The normalized spacial score (nSPS) is 16.3. The van der Waals surface area contributed by atoms with Crippen LogP contribution in [0.5, 0.6) is 0 Å². The number of ether oxygens (including phenoxy) is 1. The maximum absolute atomic E-state index is 12.2. The van der Waals surface area contributed by atoms with Gasteiger partial charge in [0, 0.05) is 25.4 Å². The van der Waals surface area contributed by atoms with E-state index in [1.807, 2.05) is 25.1 Å². The highest BCUT2D eigenvalue weighted by atomic mass is 32.2. The van der Waals surface area contributed by atoms with Crippen molar-refractivity contribution in [2.45, 2.75) is 19.9 Å². The van der Waals surface area contributed by atoms with E-state index in [9.17, 15) is 8.42 Å². The molecule has 0 atom stereocenters. The molecule has 1 aromatic rings. The number of hydrogen-bond acceptors (Lipinski definition) is 4.